The summed E-state index contributed by atoms with van der Waals surface area (Å²) < 4.78 is 33.1. The lowest BCUT2D eigenvalue weighted by Gasteiger charge is -2.33. The lowest BCUT2D eigenvalue weighted by Crippen LogP contribution is -2.51. The van der Waals surface area contributed by atoms with Crippen LogP contribution >= 0.6 is 15.9 Å². The van der Waals surface area contributed by atoms with Crippen molar-refractivity contribution in [1.29, 1.82) is 0 Å². The summed E-state index contributed by atoms with van der Waals surface area (Å²) in [6.45, 7) is 2.70. The smallest absolute Gasteiger partial charge is 0.409 e. The molecule has 12 heteroatoms. The number of sulfonamides is 1. The number of rotatable bonds is 5. The fourth-order valence-electron chi connectivity index (χ4n) is 2.49. The van der Waals surface area contributed by atoms with Crippen molar-refractivity contribution in [3.05, 3.63) is 28.2 Å². The standard InChI is InChI=1S/C16H20BrN3O7S/c1-2-26-16(23)20-7-5-19(6-8-20)14(21)10-27-15(22)12-9-11(28(18,24)25)3-4-13(12)17/h3-4,9H,2,5-8,10H2,1H3,(H2,18,24,25). The predicted molar refractivity (Wildman–Crippen MR) is 101 cm³/mol. The van der Waals surface area contributed by atoms with E-state index in [0.717, 1.165) is 6.07 Å². The van der Waals surface area contributed by atoms with E-state index in [0.29, 0.717) is 30.7 Å². The van der Waals surface area contributed by atoms with Crippen LogP contribution in [0.5, 0.6) is 0 Å². The fourth-order valence-corrected chi connectivity index (χ4v) is 3.44. The molecule has 10 nitrogen and oxygen atoms in total. The van der Waals surface area contributed by atoms with Crippen molar-refractivity contribution >= 4 is 43.9 Å². The Balaban J connectivity index is 1.92. The molecule has 1 aromatic carbocycles. The maximum absolute atomic E-state index is 12.2. The number of ether oxygens (including phenoxy) is 2. The van der Waals surface area contributed by atoms with Gasteiger partial charge in [0.05, 0.1) is 17.1 Å². The highest BCUT2D eigenvalue weighted by Crippen LogP contribution is 2.21. The van der Waals surface area contributed by atoms with Crippen molar-refractivity contribution in [2.45, 2.75) is 11.8 Å². The summed E-state index contributed by atoms with van der Waals surface area (Å²) in [5.41, 5.74) is -0.0635. The van der Waals surface area contributed by atoms with E-state index in [9.17, 15) is 22.8 Å². The highest BCUT2D eigenvalue weighted by molar-refractivity contribution is 9.10. The summed E-state index contributed by atoms with van der Waals surface area (Å²) in [4.78, 5) is 38.8. The molecule has 28 heavy (non-hydrogen) atoms. The van der Waals surface area contributed by atoms with Crippen molar-refractivity contribution in [1.82, 2.24) is 9.80 Å². The zero-order valence-corrected chi connectivity index (χ0v) is 17.5. The van der Waals surface area contributed by atoms with Gasteiger partial charge in [-0.05, 0) is 41.1 Å². The molecule has 2 rings (SSSR count). The van der Waals surface area contributed by atoms with E-state index in [1.807, 2.05) is 0 Å². The minimum atomic E-state index is -3.99. The molecule has 0 spiro atoms. The highest BCUT2D eigenvalue weighted by Gasteiger charge is 2.26. The summed E-state index contributed by atoms with van der Waals surface area (Å²) in [6.07, 6.45) is -0.430. The molecule has 0 aromatic heterocycles. The molecular formula is C16H20BrN3O7S. The number of esters is 1. The van der Waals surface area contributed by atoms with Gasteiger partial charge < -0.3 is 19.3 Å². The Morgan fingerprint density at radius 2 is 1.71 bits per heavy atom. The summed E-state index contributed by atoms with van der Waals surface area (Å²) in [6, 6.07) is 3.67. The number of carbonyl (C=O) groups is 3. The number of amides is 2. The normalized spacial score (nSPS) is 14.5. The molecule has 0 radical (unpaired) electrons. The first-order valence-corrected chi connectivity index (χ1v) is 10.7. The molecule has 1 aliphatic heterocycles. The zero-order chi connectivity index (χ0) is 20.9. The molecule has 154 valence electrons. The number of nitrogens with zero attached hydrogens (tertiary/aromatic N) is 2. The van der Waals surface area contributed by atoms with Crippen molar-refractivity contribution in [2.75, 3.05) is 39.4 Å². The first kappa shape index (κ1) is 22.1. The number of hydrogen-bond donors (Lipinski definition) is 1. The number of benzene rings is 1. The number of nitrogens with two attached hydrogens (primary N) is 1. The van der Waals surface area contributed by atoms with Gasteiger partial charge >= 0.3 is 12.1 Å². The van der Waals surface area contributed by atoms with E-state index >= 15 is 0 Å². The third-order valence-electron chi connectivity index (χ3n) is 3.97. The summed E-state index contributed by atoms with van der Waals surface area (Å²) >= 11 is 3.13. The molecular weight excluding hydrogens is 458 g/mol. The number of primary sulfonamides is 1. The van der Waals surface area contributed by atoms with E-state index in [1.165, 1.54) is 21.9 Å². The van der Waals surface area contributed by atoms with Crippen LogP contribution in [0, 0.1) is 0 Å². The second-order valence-electron chi connectivity index (χ2n) is 5.83. The van der Waals surface area contributed by atoms with E-state index in [2.05, 4.69) is 15.9 Å². The maximum Gasteiger partial charge on any atom is 0.409 e. The molecule has 2 amide bonds. The Morgan fingerprint density at radius 1 is 1.11 bits per heavy atom. The molecule has 1 fully saturated rings. The average molecular weight is 478 g/mol. The second-order valence-corrected chi connectivity index (χ2v) is 8.25. The minimum absolute atomic E-state index is 0.0635. The van der Waals surface area contributed by atoms with Crippen LogP contribution in [0.2, 0.25) is 0 Å². The van der Waals surface area contributed by atoms with Gasteiger partial charge in [0.2, 0.25) is 10.0 Å². The topological polar surface area (TPSA) is 136 Å². The number of halogens is 1. The van der Waals surface area contributed by atoms with E-state index in [1.54, 1.807) is 6.92 Å². The van der Waals surface area contributed by atoms with Gasteiger partial charge in [-0.15, -0.1) is 0 Å². The quantitative estimate of drug-likeness (QED) is 0.611. The Morgan fingerprint density at radius 3 is 2.29 bits per heavy atom. The molecule has 2 N–H and O–H groups in total. The highest BCUT2D eigenvalue weighted by atomic mass is 79.9. The number of piperazine rings is 1. The van der Waals surface area contributed by atoms with E-state index in [4.69, 9.17) is 14.6 Å². The summed E-state index contributed by atoms with van der Waals surface area (Å²) in [7, 11) is -3.99. The van der Waals surface area contributed by atoms with Crippen molar-refractivity contribution in [3.8, 4) is 0 Å². The Kier molecular flexibility index (Phi) is 7.38. The van der Waals surface area contributed by atoms with Gasteiger partial charge in [0.1, 0.15) is 0 Å². The van der Waals surface area contributed by atoms with Gasteiger partial charge in [-0.25, -0.2) is 23.1 Å². The first-order chi connectivity index (χ1) is 13.1. The monoisotopic (exact) mass is 477 g/mol. The van der Waals surface area contributed by atoms with Gasteiger partial charge in [0.15, 0.2) is 6.61 Å². The fraction of sp³-hybridized carbons (Fsp3) is 0.438. The Hall–Kier alpha value is -2.18. The average Bonchev–Trinajstić information content (AvgIpc) is 2.65. The van der Waals surface area contributed by atoms with Gasteiger partial charge in [-0.2, -0.15) is 0 Å². The van der Waals surface area contributed by atoms with E-state index in [-0.39, 0.29) is 17.1 Å². The van der Waals surface area contributed by atoms with Crippen LogP contribution < -0.4 is 5.14 Å². The Labute approximate surface area is 170 Å². The third kappa shape index (κ3) is 5.66. The van der Waals surface area contributed by atoms with Crippen LogP contribution in [0.4, 0.5) is 4.79 Å². The van der Waals surface area contributed by atoms with Crippen LogP contribution in [-0.2, 0) is 24.3 Å². The van der Waals surface area contributed by atoms with Crippen LogP contribution in [0.1, 0.15) is 17.3 Å². The first-order valence-electron chi connectivity index (χ1n) is 8.32. The number of carbonyl (C=O) groups excluding carboxylic acids is 3. The maximum atomic E-state index is 12.2. The number of hydrogen-bond acceptors (Lipinski definition) is 7. The van der Waals surface area contributed by atoms with Crippen LogP contribution in [-0.4, -0.2) is 75.6 Å². The van der Waals surface area contributed by atoms with E-state index < -0.39 is 34.6 Å². The molecule has 0 unspecified atom stereocenters. The van der Waals surface area contributed by atoms with Crippen molar-refractivity contribution < 1.29 is 32.3 Å². The molecule has 0 saturated carbocycles. The SMILES string of the molecule is CCOC(=O)N1CCN(C(=O)COC(=O)c2cc(S(N)(=O)=O)ccc2Br)CC1. The van der Waals surface area contributed by atoms with Gasteiger partial charge in [0.25, 0.3) is 5.91 Å². The van der Waals surface area contributed by atoms with Gasteiger partial charge in [-0.1, -0.05) is 0 Å². The Bertz CT molecular complexity index is 867. The minimum Gasteiger partial charge on any atom is -0.452 e. The molecule has 0 atom stereocenters. The van der Waals surface area contributed by atoms with Crippen molar-refractivity contribution in [3.63, 3.8) is 0 Å². The lowest BCUT2D eigenvalue weighted by atomic mass is 10.2. The van der Waals surface area contributed by atoms with Crippen LogP contribution in [0.15, 0.2) is 27.6 Å². The predicted octanol–water partition coefficient (Wildman–Crippen LogP) is 0.554. The lowest BCUT2D eigenvalue weighted by molar-refractivity contribution is -0.136. The second kappa shape index (κ2) is 9.34. The van der Waals surface area contributed by atoms with Crippen molar-refractivity contribution in [2.24, 2.45) is 5.14 Å². The summed E-state index contributed by atoms with van der Waals surface area (Å²) in [5.74, 6) is -1.29. The molecule has 0 bridgehead atoms. The van der Waals surface area contributed by atoms with Crippen LogP contribution in [0.3, 0.4) is 0 Å². The summed E-state index contributed by atoms with van der Waals surface area (Å²) in [5, 5.41) is 5.05. The largest absolute Gasteiger partial charge is 0.452 e. The van der Waals surface area contributed by atoms with Crippen LogP contribution in [0.25, 0.3) is 0 Å². The molecule has 1 aromatic rings. The zero-order valence-electron chi connectivity index (χ0n) is 15.1. The molecule has 1 aliphatic rings. The third-order valence-corrected chi connectivity index (χ3v) is 5.57. The molecule has 1 saturated heterocycles. The van der Waals surface area contributed by atoms with Gasteiger partial charge in [-0.3, -0.25) is 4.79 Å². The van der Waals surface area contributed by atoms with Gasteiger partial charge in [0, 0.05) is 30.7 Å². The molecule has 1 heterocycles. The molecule has 0 aliphatic carbocycles.